The van der Waals surface area contributed by atoms with Gasteiger partial charge in [-0.2, -0.15) is 0 Å². The third kappa shape index (κ3) is 2.34. The van der Waals surface area contributed by atoms with E-state index < -0.39 is 17.5 Å². The number of fused-ring (bicyclic) bond motifs is 1. The summed E-state index contributed by atoms with van der Waals surface area (Å²) in [5.41, 5.74) is 2.01. The zero-order valence-electron chi connectivity index (χ0n) is 10.4. The van der Waals surface area contributed by atoms with Gasteiger partial charge in [0.1, 0.15) is 0 Å². The molecule has 0 unspecified atom stereocenters. The van der Waals surface area contributed by atoms with Gasteiger partial charge in [0.05, 0.1) is 10.2 Å². The number of anilines is 2. The molecule has 1 aromatic heterocycles. The van der Waals surface area contributed by atoms with Crippen molar-refractivity contribution in [2.24, 2.45) is 0 Å². The molecule has 3 aromatic rings. The van der Waals surface area contributed by atoms with E-state index in [1.165, 1.54) is 11.3 Å². The zero-order valence-corrected chi connectivity index (χ0v) is 11.2. The molecule has 0 saturated carbocycles. The van der Waals surface area contributed by atoms with E-state index in [-0.39, 0.29) is 5.69 Å². The lowest BCUT2D eigenvalue weighted by Gasteiger charge is -2.03. The number of nitrogens with zero attached hydrogens (tertiary/aromatic N) is 1. The van der Waals surface area contributed by atoms with Gasteiger partial charge in [0.2, 0.25) is 0 Å². The number of rotatable bonds is 2. The predicted molar refractivity (Wildman–Crippen MR) is 74.0 cm³/mol. The number of benzene rings is 2. The van der Waals surface area contributed by atoms with E-state index in [2.05, 4.69) is 10.3 Å². The number of hydrogen-bond acceptors (Lipinski definition) is 3. The molecule has 2 nitrogen and oxygen atoms in total. The van der Waals surface area contributed by atoms with E-state index in [0.717, 1.165) is 27.9 Å². The van der Waals surface area contributed by atoms with E-state index in [9.17, 15) is 13.2 Å². The highest BCUT2D eigenvalue weighted by atomic mass is 32.1. The van der Waals surface area contributed by atoms with Crippen molar-refractivity contribution in [3.63, 3.8) is 0 Å². The molecule has 0 amide bonds. The molecule has 6 heteroatoms. The van der Waals surface area contributed by atoms with Crippen molar-refractivity contribution in [1.29, 1.82) is 0 Å². The summed E-state index contributed by atoms with van der Waals surface area (Å²) in [6.45, 7) is 1.95. The second kappa shape index (κ2) is 4.79. The molecule has 0 aliphatic carbocycles. The lowest BCUT2D eigenvalue weighted by Crippen LogP contribution is -1.95. The van der Waals surface area contributed by atoms with Crippen molar-refractivity contribution < 1.29 is 13.2 Å². The first-order valence-electron chi connectivity index (χ1n) is 5.82. The van der Waals surface area contributed by atoms with Crippen LogP contribution in [0.2, 0.25) is 0 Å². The Morgan fingerprint density at radius 2 is 1.75 bits per heavy atom. The molecule has 0 bridgehead atoms. The highest BCUT2D eigenvalue weighted by Crippen LogP contribution is 2.29. The first-order chi connectivity index (χ1) is 9.52. The first-order valence-corrected chi connectivity index (χ1v) is 6.63. The lowest BCUT2D eigenvalue weighted by atomic mass is 10.2. The lowest BCUT2D eigenvalue weighted by molar-refractivity contribution is 0.448. The maximum absolute atomic E-state index is 13.1. The van der Waals surface area contributed by atoms with Crippen LogP contribution in [0, 0.1) is 24.4 Å². The number of aromatic nitrogens is 1. The molecule has 0 fully saturated rings. The number of thiazole rings is 1. The van der Waals surface area contributed by atoms with Gasteiger partial charge >= 0.3 is 0 Å². The van der Waals surface area contributed by atoms with Crippen LogP contribution in [0.1, 0.15) is 5.56 Å². The third-order valence-corrected chi connectivity index (χ3v) is 3.73. The summed E-state index contributed by atoms with van der Waals surface area (Å²) < 4.78 is 40.1. The van der Waals surface area contributed by atoms with E-state index in [4.69, 9.17) is 0 Å². The molecule has 0 radical (unpaired) electrons. The van der Waals surface area contributed by atoms with Gasteiger partial charge in [-0.25, -0.2) is 18.2 Å². The van der Waals surface area contributed by atoms with Crippen molar-refractivity contribution in [2.75, 3.05) is 5.32 Å². The quantitative estimate of drug-likeness (QED) is 0.689. The Morgan fingerprint density at radius 1 is 1.05 bits per heavy atom. The molecule has 0 saturated heterocycles. The molecule has 0 aliphatic rings. The molecule has 102 valence electrons. The number of aryl methyl sites for hydroxylation is 1. The van der Waals surface area contributed by atoms with Gasteiger partial charge in [-0.1, -0.05) is 17.4 Å². The highest BCUT2D eigenvalue weighted by molar-refractivity contribution is 7.22. The highest BCUT2D eigenvalue weighted by Gasteiger charge is 2.11. The van der Waals surface area contributed by atoms with E-state index in [1.54, 1.807) is 0 Å². The van der Waals surface area contributed by atoms with Crippen LogP contribution in [0.3, 0.4) is 0 Å². The van der Waals surface area contributed by atoms with Crippen molar-refractivity contribution in [3.8, 4) is 0 Å². The smallest absolute Gasteiger partial charge is 0.194 e. The van der Waals surface area contributed by atoms with Gasteiger partial charge < -0.3 is 5.32 Å². The standard InChI is InChI=1S/C14H9F3N2S/c1-7-2-3-12-11(4-7)19-14(20-12)18-8-5-9(15)13(17)10(16)6-8/h2-6H,1H3,(H,18,19). The molecule has 20 heavy (non-hydrogen) atoms. The van der Waals surface area contributed by atoms with E-state index in [0.29, 0.717) is 5.13 Å². The molecule has 1 heterocycles. The van der Waals surface area contributed by atoms with Gasteiger partial charge in [-0.15, -0.1) is 0 Å². The van der Waals surface area contributed by atoms with Crippen molar-refractivity contribution in [2.45, 2.75) is 6.92 Å². The van der Waals surface area contributed by atoms with Crippen molar-refractivity contribution in [1.82, 2.24) is 4.98 Å². The van der Waals surface area contributed by atoms with Crippen LogP contribution in [-0.2, 0) is 0 Å². The van der Waals surface area contributed by atoms with Crippen LogP contribution < -0.4 is 5.32 Å². The first kappa shape index (κ1) is 12.9. The van der Waals surface area contributed by atoms with Crippen molar-refractivity contribution >= 4 is 32.4 Å². The Morgan fingerprint density at radius 3 is 2.45 bits per heavy atom. The predicted octanol–water partition coefficient (Wildman–Crippen LogP) is 4.77. The summed E-state index contributed by atoms with van der Waals surface area (Å²) in [4.78, 5) is 4.32. The Kier molecular flexibility index (Phi) is 3.10. The summed E-state index contributed by atoms with van der Waals surface area (Å²) in [6, 6.07) is 7.61. The Balaban J connectivity index is 1.96. The summed E-state index contributed by atoms with van der Waals surface area (Å²) in [5, 5.41) is 3.28. The summed E-state index contributed by atoms with van der Waals surface area (Å²) >= 11 is 1.36. The van der Waals surface area contributed by atoms with Gasteiger partial charge in [-0.3, -0.25) is 0 Å². The van der Waals surface area contributed by atoms with Gasteiger partial charge in [0, 0.05) is 17.8 Å². The minimum atomic E-state index is -1.48. The molecule has 2 aromatic carbocycles. The molecule has 1 N–H and O–H groups in total. The van der Waals surface area contributed by atoms with E-state index in [1.807, 2.05) is 25.1 Å². The van der Waals surface area contributed by atoms with Crippen LogP contribution >= 0.6 is 11.3 Å². The fourth-order valence-corrected chi connectivity index (χ4v) is 2.71. The molecular weight excluding hydrogens is 285 g/mol. The average Bonchev–Trinajstić information content (AvgIpc) is 2.77. The SMILES string of the molecule is Cc1ccc2sc(Nc3cc(F)c(F)c(F)c3)nc2c1. The van der Waals surface area contributed by atoms with Gasteiger partial charge in [-0.05, 0) is 24.6 Å². The second-order valence-corrected chi connectivity index (χ2v) is 5.40. The zero-order chi connectivity index (χ0) is 14.3. The average molecular weight is 294 g/mol. The molecule has 3 rings (SSSR count). The Labute approximate surface area is 116 Å². The number of hydrogen-bond donors (Lipinski definition) is 1. The summed E-state index contributed by atoms with van der Waals surface area (Å²) in [6.07, 6.45) is 0. The van der Waals surface area contributed by atoms with Gasteiger partial charge in [0.15, 0.2) is 22.6 Å². The van der Waals surface area contributed by atoms with E-state index >= 15 is 0 Å². The molecule has 0 aliphatic heterocycles. The normalized spacial score (nSPS) is 11.0. The van der Waals surface area contributed by atoms with Crippen LogP contribution in [0.15, 0.2) is 30.3 Å². The molecular formula is C14H9F3N2S. The van der Waals surface area contributed by atoms with Crippen LogP contribution in [0.25, 0.3) is 10.2 Å². The minimum absolute atomic E-state index is 0.122. The fraction of sp³-hybridized carbons (Fsp3) is 0.0714. The molecule has 0 spiro atoms. The third-order valence-electron chi connectivity index (χ3n) is 2.78. The van der Waals surface area contributed by atoms with Crippen LogP contribution in [0.5, 0.6) is 0 Å². The van der Waals surface area contributed by atoms with Crippen LogP contribution in [-0.4, -0.2) is 4.98 Å². The minimum Gasteiger partial charge on any atom is -0.331 e. The molecule has 0 atom stereocenters. The van der Waals surface area contributed by atoms with Crippen molar-refractivity contribution in [3.05, 3.63) is 53.3 Å². The summed E-state index contributed by atoms with van der Waals surface area (Å²) in [7, 11) is 0. The largest absolute Gasteiger partial charge is 0.331 e. The maximum atomic E-state index is 13.1. The van der Waals surface area contributed by atoms with Gasteiger partial charge in [0.25, 0.3) is 0 Å². The summed E-state index contributed by atoms with van der Waals surface area (Å²) in [5.74, 6) is -3.94. The maximum Gasteiger partial charge on any atom is 0.194 e. The topological polar surface area (TPSA) is 24.9 Å². The monoisotopic (exact) mass is 294 g/mol. The number of halogens is 3. The number of nitrogens with one attached hydrogen (secondary N) is 1. The second-order valence-electron chi connectivity index (χ2n) is 4.37. The Bertz CT molecular complexity index is 775. The Hall–Kier alpha value is -2.08. The van der Waals surface area contributed by atoms with Crippen LogP contribution in [0.4, 0.5) is 24.0 Å². The fourth-order valence-electron chi connectivity index (χ4n) is 1.84.